The highest BCUT2D eigenvalue weighted by Crippen LogP contribution is 2.28. The van der Waals surface area contributed by atoms with Gasteiger partial charge >= 0.3 is 0 Å². The molecule has 1 unspecified atom stereocenters. The highest BCUT2D eigenvalue weighted by molar-refractivity contribution is 6.30. The third-order valence-corrected chi connectivity index (χ3v) is 4.98. The van der Waals surface area contributed by atoms with Crippen LogP contribution >= 0.6 is 11.6 Å². The molecule has 1 fully saturated rings. The van der Waals surface area contributed by atoms with Crippen molar-refractivity contribution in [1.82, 2.24) is 29.6 Å². The summed E-state index contributed by atoms with van der Waals surface area (Å²) in [4.78, 5) is 21.1. The molecule has 1 aliphatic carbocycles. The van der Waals surface area contributed by atoms with Crippen LogP contribution in [0.1, 0.15) is 23.3 Å². The zero-order valence-corrected chi connectivity index (χ0v) is 15.0. The molecule has 3 aromatic heterocycles. The minimum atomic E-state index is -0.588. The summed E-state index contributed by atoms with van der Waals surface area (Å²) in [5.74, 6) is -0.0706. The topological polar surface area (TPSA) is 97.9 Å². The van der Waals surface area contributed by atoms with Gasteiger partial charge in [0, 0.05) is 19.8 Å². The van der Waals surface area contributed by atoms with Crippen molar-refractivity contribution in [1.29, 1.82) is 0 Å². The third kappa shape index (κ3) is 3.30. The number of imidazole rings is 1. The third-order valence-electron chi connectivity index (χ3n) is 4.78. The quantitative estimate of drug-likeness (QED) is 0.719. The molecule has 26 heavy (non-hydrogen) atoms. The van der Waals surface area contributed by atoms with Crippen molar-refractivity contribution in [3.05, 3.63) is 41.6 Å². The monoisotopic (exact) mass is 374 g/mol. The number of amides is 1. The molecule has 0 aliphatic heterocycles. The Bertz CT molecular complexity index is 952. The second kappa shape index (κ2) is 6.69. The van der Waals surface area contributed by atoms with Crippen molar-refractivity contribution >= 4 is 28.7 Å². The Balaban J connectivity index is 1.42. The van der Waals surface area contributed by atoms with Crippen molar-refractivity contribution in [2.75, 3.05) is 0 Å². The number of aryl methyl sites for hydroxylation is 1. The Morgan fingerprint density at radius 1 is 1.42 bits per heavy atom. The molecule has 0 radical (unpaired) electrons. The number of pyridine rings is 1. The summed E-state index contributed by atoms with van der Waals surface area (Å²) in [6, 6.07) is 3.12. The molecule has 3 aromatic rings. The molecule has 0 bridgehead atoms. The lowest BCUT2D eigenvalue weighted by Crippen LogP contribution is -2.40. The molecule has 1 aliphatic rings. The predicted octanol–water partition coefficient (Wildman–Crippen LogP) is 1.39. The van der Waals surface area contributed by atoms with Gasteiger partial charge in [-0.25, -0.2) is 9.97 Å². The maximum atomic E-state index is 12.5. The number of nitrogens with one attached hydrogen (secondary N) is 1. The number of aromatic nitrogens is 5. The van der Waals surface area contributed by atoms with Crippen LogP contribution in [0, 0.1) is 5.92 Å². The molecule has 2 N–H and O–H groups in total. The SMILES string of the molecule is Cn1cnc2ccc(C(=O)N[C@@H]3CC(Cn4cc(Cl)cn4)C[C@H]3O)nc21. The Hall–Kier alpha value is -2.45. The van der Waals surface area contributed by atoms with E-state index in [-0.39, 0.29) is 17.9 Å². The van der Waals surface area contributed by atoms with Crippen LogP contribution in [0.3, 0.4) is 0 Å². The van der Waals surface area contributed by atoms with Crippen LogP contribution in [-0.2, 0) is 13.6 Å². The van der Waals surface area contributed by atoms with Gasteiger partial charge in [0.15, 0.2) is 5.65 Å². The Labute approximate surface area is 154 Å². The molecule has 0 spiro atoms. The van der Waals surface area contributed by atoms with E-state index < -0.39 is 6.10 Å². The number of carbonyl (C=O) groups excluding carboxylic acids is 1. The van der Waals surface area contributed by atoms with Gasteiger partial charge in [-0.1, -0.05) is 11.6 Å². The number of nitrogens with zero attached hydrogens (tertiary/aromatic N) is 5. The molecule has 1 saturated carbocycles. The highest BCUT2D eigenvalue weighted by atomic mass is 35.5. The first-order valence-corrected chi connectivity index (χ1v) is 8.82. The molecule has 3 atom stereocenters. The molecule has 136 valence electrons. The van der Waals surface area contributed by atoms with E-state index in [0.717, 1.165) is 5.52 Å². The lowest BCUT2D eigenvalue weighted by atomic mass is 10.1. The van der Waals surface area contributed by atoms with Crippen molar-refractivity contribution < 1.29 is 9.90 Å². The summed E-state index contributed by atoms with van der Waals surface area (Å²) >= 11 is 5.88. The Kier molecular flexibility index (Phi) is 4.37. The average Bonchev–Trinajstić information content (AvgIpc) is 3.28. The fraction of sp³-hybridized carbons (Fsp3) is 0.412. The van der Waals surface area contributed by atoms with Crippen LogP contribution in [0.15, 0.2) is 30.9 Å². The minimum Gasteiger partial charge on any atom is -0.391 e. The second-order valence-corrected chi connectivity index (χ2v) is 7.20. The molecule has 4 rings (SSSR count). The van der Waals surface area contributed by atoms with Gasteiger partial charge in [0.2, 0.25) is 0 Å². The van der Waals surface area contributed by atoms with E-state index in [1.807, 2.05) is 7.05 Å². The predicted molar refractivity (Wildman–Crippen MR) is 95.7 cm³/mol. The smallest absolute Gasteiger partial charge is 0.270 e. The zero-order valence-electron chi connectivity index (χ0n) is 14.2. The van der Waals surface area contributed by atoms with E-state index in [1.165, 1.54) is 0 Å². The number of aliphatic hydroxyl groups excluding tert-OH is 1. The summed E-state index contributed by atoms with van der Waals surface area (Å²) in [5.41, 5.74) is 1.71. The molecular weight excluding hydrogens is 356 g/mol. The normalized spacial score (nSPS) is 22.8. The number of hydrogen-bond donors (Lipinski definition) is 2. The van der Waals surface area contributed by atoms with Gasteiger partial charge in [0.05, 0.1) is 29.7 Å². The van der Waals surface area contributed by atoms with Crippen LogP contribution in [0.2, 0.25) is 5.02 Å². The Morgan fingerprint density at radius 3 is 3.04 bits per heavy atom. The fourth-order valence-corrected chi connectivity index (χ4v) is 3.66. The standard InChI is InChI=1S/C17H19ClN6O2/c1-23-9-19-12-2-3-13(21-16(12)23)17(26)22-14-4-10(5-15(14)25)7-24-8-11(18)6-20-24/h2-3,6,8-10,14-15,25H,4-5,7H2,1H3,(H,22,26)/t10?,14-,15-/m1/s1. The second-order valence-electron chi connectivity index (χ2n) is 6.76. The zero-order chi connectivity index (χ0) is 18.3. The van der Waals surface area contributed by atoms with E-state index in [4.69, 9.17) is 11.6 Å². The molecule has 9 heteroatoms. The van der Waals surface area contributed by atoms with Crippen LogP contribution in [0.25, 0.3) is 11.2 Å². The Morgan fingerprint density at radius 2 is 2.27 bits per heavy atom. The minimum absolute atomic E-state index is 0.221. The van der Waals surface area contributed by atoms with E-state index >= 15 is 0 Å². The van der Waals surface area contributed by atoms with E-state index in [0.29, 0.717) is 35.8 Å². The highest BCUT2D eigenvalue weighted by Gasteiger charge is 2.34. The van der Waals surface area contributed by atoms with Crippen molar-refractivity contribution in [2.45, 2.75) is 31.5 Å². The van der Waals surface area contributed by atoms with Gasteiger partial charge in [-0.3, -0.25) is 9.48 Å². The van der Waals surface area contributed by atoms with Crippen LogP contribution < -0.4 is 5.32 Å². The lowest BCUT2D eigenvalue weighted by molar-refractivity contribution is 0.0868. The van der Waals surface area contributed by atoms with Crippen LogP contribution in [0.4, 0.5) is 0 Å². The lowest BCUT2D eigenvalue weighted by Gasteiger charge is -2.16. The molecule has 1 amide bonds. The molecule has 0 saturated heterocycles. The summed E-state index contributed by atoms with van der Waals surface area (Å²) in [5, 5.41) is 18.0. The summed E-state index contributed by atoms with van der Waals surface area (Å²) in [6.07, 6.45) is 5.70. The van der Waals surface area contributed by atoms with Crippen molar-refractivity contribution in [3.63, 3.8) is 0 Å². The van der Waals surface area contributed by atoms with Crippen LogP contribution in [0.5, 0.6) is 0 Å². The number of rotatable bonds is 4. The molecular formula is C17H19ClN6O2. The number of aliphatic hydroxyl groups is 1. The van der Waals surface area contributed by atoms with Crippen LogP contribution in [-0.4, -0.2) is 47.5 Å². The van der Waals surface area contributed by atoms with E-state index in [2.05, 4.69) is 20.4 Å². The van der Waals surface area contributed by atoms with Gasteiger partial charge in [-0.15, -0.1) is 0 Å². The molecule has 8 nitrogen and oxygen atoms in total. The fourth-order valence-electron chi connectivity index (χ4n) is 3.50. The first-order chi connectivity index (χ1) is 12.5. The van der Waals surface area contributed by atoms with E-state index in [9.17, 15) is 9.90 Å². The number of fused-ring (bicyclic) bond motifs is 1. The summed E-state index contributed by atoms with van der Waals surface area (Å²) in [6.45, 7) is 0.662. The first-order valence-electron chi connectivity index (χ1n) is 8.44. The van der Waals surface area contributed by atoms with Crippen molar-refractivity contribution in [2.24, 2.45) is 13.0 Å². The average molecular weight is 375 g/mol. The maximum absolute atomic E-state index is 12.5. The van der Waals surface area contributed by atoms with Gasteiger partial charge in [-0.05, 0) is 30.9 Å². The van der Waals surface area contributed by atoms with Gasteiger partial charge in [-0.2, -0.15) is 5.10 Å². The largest absolute Gasteiger partial charge is 0.391 e. The first kappa shape index (κ1) is 17.0. The van der Waals surface area contributed by atoms with Gasteiger partial charge < -0.3 is 15.0 Å². The summed E-state index contributed by atoms with van der Waals surface area (Å²) < 4.78 is 3.53. The molecule has 3 heterocycles. The number of carbonyl (C=O) groups is 1. The molecule has 0 aromatic carbocycles. The van der Waals surface area contributed by atoms with Gasteiger partial charge in [0.1, 0.15) is 11.2 Å². The summed E-state index contributed by atoms with van der Waals surface area (Å²) in [7, 11) is 1.83. The van der Waals surface area contributed by atoms with Crippen molar-refractivity contribution in [3.8, 4) is 0 Å². The number of hydrogen-bond acceptors (Lipinski definition) is 5. The number of halogens is 1. The van der Waals surface area contributed by atoms with E-state index in [1.54, 1.807) is 40.1 Å². The maximum Gasteiger partial charge on any atom is 0.270 e. The van der Waals surface area contributed by atoms with Gasteiger partial charge in [0.25, 0.3) is 5.91 Å².